The third kappa shape index (κ3) is 4.75. The van der Waals surface area contributed by atoms with Crippen molar-refractivity contribution >= 4 is 11.8 Å². The molecule has 1 atom stereocenters. The minimum atomic E-state index is -0.480. The summed E-state index contributed by atoms with van der Waals surface area (Å²) in [5, 5.41) is 20.0. The minimum Gasteiger partial charge on any atom is -0.297 e. The summed E-state index contributed by atoms with van der Waals surface area (Å²) in [5.41, 5.74) is -0.480. The number of aryl methyl sites for hydroxylation is 1. The molecule has 0 amide bonds. The maximum absolute atomic E-state index is 9.18. The van der Waals surface area contributed by atoms with E-state index < -0.39 is 5.54 Å². The number of nitriles is 1. The third-order valence-electron chi connectivity index (χ3n) is 2.26. The van der Waals surface area contributed by atoms with Crippen LogP contribution in [0.5, 0.6) is 0 Å². The summed E-state index contributed by atoms with van der Waals surface area (Å²) in [6.45, 7) is 7.89. The second-order valence-corrected chi connectivity index (χ2v) is 5.61. The molecular formula is C11H19N5S. The van der Waals surface area contributed by atoms with E-state index in [2.05, 4.69) is 26.6 Å². The van der Waals surface area contributed by atoms with Crippen LogP contribution >= 0.6 is 11.8 Å². The van der Waals surface area contributed by atoms with Crippen molar-refractivity contribution < 1.29 is 0 Å². The molecule has 0 aliphatic carbocycles. The molecule has 1 heterocycles. The maximum Gasteiger partial charge on any atom is 0.208 e. The second-order valence-electron chi connectivity index (χ2n) is 4.54. The lowest BCUT2D eigenvalue weighted by Gasteiger charge is -2.25. The number of aromatic amines is 1. The first kappa shape index (κ1) is 14.0. The first-order valence-electron chi connectivity index (χ1n) is 5.66. The molecule has 1 aromatic heterocycles. The Hall–Kier alpha value is -1.06. The highest BCUT2D eigenvalue weighted by Gasteiger charge is 2.24. The smallest absolute Gasteiger partial charge is 0.208 e. The molecule has 0 fully saturated rings. The van der Waals surface area contributed by atoms with Crippen molar-refractivity contribution in [3.05, 3.63) is 5.82 Å². The molecule has 94 valence electrons. The van der Waals surface area contributed by atoms with Gasteiger partial charge in [0.25, 0.3) is 0 Å². The van der Waals surface area contributed by atoms with E-state index in [0.717, 1.165) is 23.2 Å². The van der Waals surface area contributed by atoms with Gasteiger partial charge < -0.3 is 0 Å². The summed E-state index contributed by atoms with van der Waals surface area (Å²) < 4.78 is 0. The Bertz CT molecular complexity index is 395. The molecule has 0 saturated heterocycles. The van der Waals surface area contributed by atoms with Crippen molar-refractivity contribution in [2.24, 2.45) is 0 Å². The minimum absolute atomic E-state index is 0.301. The van der Waals surface area contributed by atoms with Crippen molar-refractivity contribution in [3.8, 4) is 6.07 Å². The predicted octanol–water partition coefficient (Wildman–Crippen LogP) is 1.88. The lowest BCUT2D eigenvalue weighted by atomic mass is 10.0. The van der Waals surface area contributed by atoms with E-state index >= 15 is 0 Å². The van der Waals surface area contributed by atoms with Gasteiger partial charge in [0.1, 0.15) is 11.4 Å². The summed E-state index contributed by atoms with van der Waals surface area (Å²) in [4.78, 5) is 4.21. The van der Waals surface area contributed by atoms with Crippen LogP contribution in [-0.2, 0) is 0 Å². The monoisotopic (exact) mass is 253 g/mol. The number of aromatic nitrogens is 3. The van der Waals surface area contributed by atoms with Crippen LogP contribution in [0.1, 0.15) is 33.0 Å². The van der Waals surface area contributed by atoms with Crippen LogP contribution in [0.25, 0.3) is 0 Å². The predicted molar refractivity (Wildman–Crippen MR) is 68.8 cm³/mol. The van der Waals surface area contributed by atoms with Crippen LogP contribution in [-0.4, -0.2) is 32.5 Å². The van der Waals surface area contributed by atoms with E-state index in [9.17, 15) is 5.26 Å². The average molecular weight is 253 g/mol. The van der Waals surface area contributed by atoms with Gasteiger partial charge >= 0.3 is 0 Å². The van der Waals surface area contributed by atoms with Crippen molar-refractivity contribution in [1.29, 1.82) is 5.26 Å². The Kier molecular flexibility index (Phi) is 4.97. The molecule has 0 bridgehead atoms. The fourth-order valence-corrected chi connectivity index (χ4v) is 2.54. The van der Waals surface area contributed by atoms with E-state index in [1.807, 2.05) is 27.7 Å². The summed E-state index contributed by atoms with van der Waals surface area (Å²) >= 11 is 1.57. The zero-order valence-electron chi connectivity index (χ0n) is 10.7. The zero-order valence-corrected chi connectivity index (χ0v) is 11.6. The summed E-state index contributed by atoms with van der Waals surface area (Å²) in [7, 11) is 0. The molecule has 0 aromatic carbocycles. The lowest BCUT2D eigenvalue weighted by molar-refractivity contribution is 0.397. The number of H-pyrrole nitrogens is 1. The number of nitrogens with zero attached hydrogens (tertiary/aromatic N) is 3. The van der Waals surface area contributed by atoms with Crippen LogP contribution in [0.4, 0.5) is 0 Å². The van der Waals surface area contributed by atoms with Crippen LogP contribution < -0.4 is 5.32 Å². The molecule has 1 unspecified atom stereocenters. The number of hydrogen-bond acceptors (Lipinski definition) is 5. The summed E-state index contributed by atoms with van der Waals surface area (Å²) in [5.74, 6) is 1.64. The Morgan fingerprint density at radius 2 is 2.29 bits per heavy atom. The van der Waals surface area contributed by atoms with Crippen LogP contribution in [0.15, 0.2) is 5.16 Å². The fourth-order valence-electron chi connectivity index (χ4n) is 1.53. The molecule has 0 radical (unpaired) electrons. The van der Waals surface area contributed by atoms with Gasteiger partial charge in [-0.1, -0.05) is 11.8 Å². The van der Waals surface area contributed by atoms with Crippen LogP contribution in [0.2, 0.25) is 0 Å². The molecule has 0 spiro atoms. The number of rotatable bonds is 6. The highest BCUT2D eigenvalue weighted by atomic mass is 32.2. The molecule has 0 saturated carbocycles. The molecule has 6 heteroatoms. The molecular weight excluding hydrogens is 234 g/mol. The van der Waals surface area contributed by atoms with Gasteiger partial charge in [0.05, 0.1) is 6.07 Å². The van der Waals surface area contributed by atoms with E-state index in [1.54, 1.807) is 11.8 Å². The maximum atomic E-state index is 9.18. The molecule has 0 aliphatic heterocycles. The molecule has 1 rings (SSSR count). The molecule has 1 aromatic rings. The van der Waals surface area contributed by atoms with Crippen molar-refractivity contribution in [2.45, 2.75) is 50.9 Å². The van der Waals surface area contributed by atoms with Gasteiger partial charge in [-0.3, -0.25) is 10.4 Å². The normalized spacial score (nSPS) is 14.6. The molecule has 17 heavy (non-hydrogen) atoms. The van der Waals surface area contributed by atoms with Gasteiger partial charge in [0.15, 0.2) is 0 Å². The first-order chi connectivity index (χ1) is 7.95. The molecule has 0 aliphatic rings. The topological polar surface area (TPSA) is 77.4 Å². The van der Waals surface area contributed by atoms with E-state index in [-0.39, 0.29) is 0 Å². The SMILES string of the molecule is Cc1nc(SCCC(C)(C#N)NC(C)C)n[nH]1. The van der Waals surface area contributed by atoms with Gasteiger partial charge in [0, 0.05) is 11.8 Å². The van der Waals surface area contributed by atoms with Crippen molar-refractivity contribution in [2.75, 3.05) is 5.75 Å². The third-order valence-corrected chi connectivity index (χ3v) is 3.11. The number of hydrogen-bond donors (Lipinski definition) is 2. The summed E-state index contributed by atoms with van der Waals surface area (Å²) in [6, 6.07) is 2.63. The van der Waals surface area contributed by atoms with Gasteiger partial charge in [-0.2, -0.15) is 5.26 Å². The number of thioether (sulfide) groups is 1. The molecule has 2 N–H and O–H groups in total. The van der Waals surface area contributed by atoms with E-state index in [4.69, 9.17) is 0 Å². The van der Waals surface area contributed by atoms with Crippen LogP contribution in [0, 0.1) is 18.3 Å². The average Bonchev–Trinajstić information content (AvgIpc) is 2.63. The fraction of sp³-hybridized carbons (Fsp3) is 0.727. The van der Waals surface area contributed by atoms with Gasteiger partial charge in [-0.05, 0) is 34.1 Å². The Labute approximate surface area is 106 Å². The van der Waals surface area contributed by atoms with Gasteiger partial charge in [0.2, 0.25) is 5.16 Å². The quantitative estimate of drug-likeness (QED) is 0.757. The number of nitrogens with one attached hydrogen (secondary N) is 2. The molecule has 5 nitrogen and oxygen atoms in total. The Morgan fingerprint density at radius 1 is 1.59 bits per heavy atom. The van der Waals surface area contributed by atoms with Crippen molar-refractivity contribution in [3.63, 3.8) is 0 Å². The lowest BCUT2D eigenvalue weighted by Crippen LogP contribution is -2.45. The van der Waals surface area contributed by atoms with Crippen LogP contribution in [0.3, 0.4) is 0 Å². The van der Waals surface area contributed by atoms with Crippen molar-refractivity contribution in [1.82, 2.24) is 20.5 Å². The zero-order chi connectivity index (χ0) is 12.9. The van der Waals surface area contributed by atoms with E-state index in [1.165, 1.54) is 0 Å². The van der Waals surface area contributed by atoms with Gasteiger partial charge in [-0.25, -0.2) is 4.98 Å². The first-order valence-corrected chi connectivity index (χ1v) is 6.64. The standard InChI is InChI=1S/C11H19N5S/c1-8(2)14-11(4,7-12)5-6-17-10-13-9(3)15-16-10/h8,14H,5-6H2,1-4H3,(H,13,15,16). The second kappa shape index (κ2) is 6.03. The Balaban J connectivity index is 2.41. The largest absolute Gasteiger partial charge is 0.297 e. The highest BCUT2D eigenvalue weighted by molar-refractivity contribution is 7.99. The Morgan fingerprint density at radius 3 is 2.76 bits per heavy atom. The summed E-state index contributed by atoms with van der Waals surface area (Å²) in [6.07, 6.45) is 0.764. The highest BCUT2D eigenvalue weighted by Crippen LogP contribution is 2.18. The van der Waals surface area contributed by atoms with Gasteiger partial charge in [-0.15, -0.1) is 5.10 Å². The van der Waals surface area contributed by atoms with E-state index in [0.29, 0.717) is 6.04 Å².